The molecule has 0 saturated carbocycles. The second-order valence-corrected chi connectivity index (χ2v) is 11.7. The van der Waals surface area contributed by atoms with Gasteiger partial charge in [0.25, 0.3) is 6.43 Å². The zero-order valence-corrected chi connectivity index (χ0v) is 20.4. The molecule has 0 radical (unpaired) electrons. The van der Waals surface area contributed by atoms with E-state index in [1.807, 2.05) is 0 Å². The number of aromatic nitrogens is 3. The van der Waals surface area contributed by atoms with Gasteiger partial charge in [-0.1, -0.05) is 5.16 Å². The summed E-state index contributed by atoms with van der Waals surface area (Å²) in [5.74, 6) is -0.847. The molecule has 1 aliphatic rings. The molecular weight excluding hydrogens is 502 g/mol. The molecule has 3 heterocycles. The smallest absolute Gasteiger partial charge is 0.272 e. The SMILES string of the molecule is CN=S1(=O)C[C@@](CF)(c2cc(-c3cc(-c4cnc(OCC(F)F)cn4)no3)ccc2F)N=CC1(C)C. The summed E-state index contributed by atoms with van der Waals surface area (Å²) in [6, 6.07) is 5.48. The van der Waals surface area contributed by atoms with E-state index in [4.69, 9.17) is 9.26 Å². The summed E-state index contributed by atoms with van der Waals surface area (Å²) in [6.45, 7) is 1.50. The molecule has 4 rings (SSSR count). The van der Waals surface area contributed by atoms with Crippen molar-refractivity contribution in [3.05, 3.63) is 48.0 Å². The predicted molar refractivity (Wildman–Crippen MR) is 126 cm³/mol. The Hall–Kier alpha value is -3.35. The molecule has 0 fully saturated rings. The maximum Gasteiger partial charge on any atom is 0.272 e. The van der Waals surface area contributed by atoms with Crippen molar-refractivity contribution in [2.75, 3.05) is 26.1 Å². The molecule has 36 heavy (non-hydrogen) atoms. The first-order valence-electron chi connectivity index (χ1n) is 10.8. The molecule has 192 valence electrons. The van der Waals surface area contributed by atoms with Gasteiger partial charge in [-0.05, 0) is 32.0 Å². The fourth-order valence-corrected chi connectivity index (χ4v) is 5.88. The molecule has 0 aliphatic carbocycles. The summed E-state index contributed by atoms with van der Waals surface area (Å²) in [4.78, 5) is 12.3. The zero-order chi connectivity index (χ0) is 26.1. The minimum Gasteiger partial charge on any atom is -0.470 e. The molecule has 0 bridgehead atoms. The van der Waals surface area contributed by atoms with Crippen LogP contribution in [0.15, 0.2) is 50.5 Å². The lowest BCUT2D eigenvalue weighted by Gasteiger charge is -2.38. The summed E-state index contributed by atoms with van der Waals surface area (Å²) >= 11 is 0. The van der Waals surface area contributed by atoms with Gasteiger partial charge in [-0.25, -0.2) is 36.1 Å². The van der Waals surface area contributed by atoms with Gasteiger partial charge >= 0.3 is 0 Å². The van der Waals surface area contributed by atoms with Crippen LogP contribution in [0.25, 0.3) is 22.7 Å². The van der Waals surface area contributed by atoms with Gasteiger partial charge in [-0.2, -0.15) is 0 Å². The highest BCUT2D eigenvalue weighted by atomic mass is 32.2. The van der Waals surface area contributed by atoms with Crippen LogP contribution >= 0.6 is 0 Å². The van der Waals surface area contributed by atoms with Crippen LogP contribution in [0.2, 0.25) is 0 Å². The second-order valence-electron chi connectivity index (χ2n) is 8.71. The topological polar surface area (TPSA) is 103 Å². The molecule has 0 saturated heterocycles. The molecule has 3 aromatic rings. The molecule has 8 nitrogen and oxygen atoms in total. The maximum absolute atomic E-state index is 15.0. The van der Waals surface area contributed by atoms with Crippen molar-refractivity contribution in [3.63, 3.8) is 0 Å². The van der Waals surface area contributed by atoms with Crippen LogP contribution in [-0.2, 0) is 15.3 Å². The van der Waals surface area contributed by atoms with E-state index in [0.29, 0.717) is 5.56 Å². The van der Waals surface area contributed by atoms with Gasteiger partial charge in [-0.3, -0.25) is 4.99 Å². The fourth-order valence-electron chi connectivity index (χ4n) is 3.74. The summed E-state index contributed by atoms with van der Waals surface area (Å²) in [5.41, 5.74) is -0.865. The third-order valence-corrected chi connectivity index (χ3v) is 9.11. The van der Waals surface area contributed by atoms with Gasteiger partial charge in [0.05, 0.1) is 32.6 Å². The standard InChI is InChI=1S/C23H23F4N5O3S/c1-22(2)12-31-23(11-24,13-36(22,33)28-3)15-6-14(4-5-16(15)25)19-7-17(32-35-19)18-8-30-21(9-29-18)34-10-20(26)27/h4-9,12,20H,10-11,13H2,1-3H3/t23-,36?/m0/s1. The number of benzene rings is 1. The first kappa shape index (κ1) is 25.7. The summed E-state index contributed by atoms with van der Waals surface area (Å²) in [6.07, 6.45) is 1.19. The van der Waals surface area contributed by atoms with Crippen molar-refractivity contribution in [2.45, 2.75) is 30.6 Å². The van der Waals surface area contributed by atoms with Crippen LogP contribution < -0.4 is 4.74 Å². The molecule has 0 amide bonds. The molecule has 0 spiro atoms. The molecule has 1 unspecified atom stereocenters. The normalized spacial score (nSPS) is 23.1. The summed E-state index contributed by atoms with van der Waals surface area (Å²) in [7, 11) is -1.55. The minimum atomic E-state index is -2.95. The van der Waals surface area contributed by atoms with Crippen molar-refractivity contribution < 1.29 is 31.0 Å². The Kier molecular flexibility index (Phi) is 6.86. The van der Waals surface area contributed by atoms with Crippen LogP contribution in [0.3, 0.4) is 0 Å². The average Bonchev–Trinajstić information content (AvgIpc) is 3.35. The van der Waals surface area contributed by atoms with E-state index in [2.05, 4.69) is 24.5 Å². The lowest BCUT2D eigenvalue weighted by molar-refractivity contribution is 0.0794. The molecule has 0 N–H and O–H groups in total. The quantitative estimate of drug-likeness (QED) is 0.414. The Morgan fingerprint density at radius 1 is 1.19 bits per heavy atom. The average molecular weight is 526 g/mol. The van der Waals surface area contributed by atoms with E-state index in [1.165, 1.54) is 43.9 Å². The molecule has 2 aromatic heterocycles. The van der Waals surface area contributed by atoms with Crippen LogP contribution in [0, 0.1) is 5.82 Å². The number of hydrogen-bond donors (Lipinski definition) is 0. The number of alkyl halides is 3. The van der Waals surface area contributed by atoms with Gasteiger partial charge in [-0.15, -0.1) is 0 Å². The van der Waals surface area contributed by atoms with Gasteiger partial charge in [0, 0.05) is 30.5 Å². The van der Waals surface area contributed by atoms with E-state index in [1.54, 1.807) is 13.8 Å². The van der Waals surface area contributed by atoms with E-state index >= 15 is 0 Å². The number of nitrogens with zero attached hydrogens (tertiary/aromatic N) is 5. The predicted octanol–water partition coefficient (Wildman–Crippen LogP) is 4.71. The van der Waals surface area contributed by atoms with Gasteiger partial charge in [0.1, 0.15) is 29.4 Å². The monoisotopic (exact) mass is 525 g/mol. The minimum absolute atomic E-state index is 0.0749. The third-order valence-electron chi connectivity index (χ3n) is 5.91. The zero-order valence-electron chi connectivity index (χ0n) is 19.6. The Balaban J connectivity index is 1.67. The van der Waals surface area contributed by atoms with E-state index in [9.17, 15) is 21.8 Å². The highest BCUT2D eigenvalue weighted by molar-refractivity contribution is 7.95. The summed E-state index contributed by atoms with van der Waals surface area (Å²) in [5, 5.41) is 3.93. The Morgan fingerprint density at radius 3 is 2.61 bits per heavy atom. The highest BCUT2D eigenvalue weighted by Gasteiger charge is 2.47. The Labute approximate surface area is 205 Å². The fraction of sp³-hybridized carbons (Fsp3) is 0.391. The number of halogens is 4. The van der Waals surface area contributed by atoms with Crippen molar-refractivity contribution in [1.82, 2.24) is 15.1 Å². The molecule has 1 aromatic carbocycles. The van der Waals surface area contributed by atoms with Gasteiger partial charge in [0.2, 0.25) is 5.88 Å². The highest BCUT2D eigenvalue weighted by Crippen LogP contribution is 2.40. The lowest BCUT2D eigenvalue weighted by atomic mass is 9.91. The van der Waals surface area contributed by atoms with E-state index < -0.39 is 45.5 Å². The van der Waals surface area contributed by atoms with Gasteiger partial charge in [0.15, 0.2) is 12.4 Å². The number of rotatable bonds is 7. The van der Waals surface area contributed by atoms with Crippen molar-refractivity contribution in [2.24, 2.45) is 9.36 Å². The van der Waals surface area contributed by atoms with Crippen LogP contribution in [0.5, 0.6) is 5.88 Å². The number of hydrogen-bond acceptors (Lipinski definition) is 8. The number of ether oxygens (including phenoxy) is 1. The molecule has 13 heteroatoms. The summed E-state index contributed by atoms with van der Waals surface area (Å²) < 4.78 is 80.8. The lowest BCUT2D eigenvalue weighted by Crippen LogP contribution is -2.49. The van der Waals surface area contributed by atoms with Crippen LogP contribution in [0.1, 0.15) is 19.4 Å². The molecule has 2 atom stereocenters. The first-order chi connectivity index (χ1) is 17.0. The van der Waals surface area contributed by atoms with Crippen molar-refractivity contribution in [3.8, 4) is 28.6 Å². The van der Waals surface area contributed by atoms with Crippen molar-refractivity contribution in [1.29, 1.82) is 0 Å². The van der Waals surface area contributed by atoms with E-state index in [0.717, 1.165) is 6.07 Å². The maximum atomic E-state index is 15.0. The molecular formula is C23H23F4N5O3S. The third kappa shape index (κ3) is 4.71. The second kappa shape index (κ2) is 9.60. The van der Waals surface area contributed by atoms with Crippen molar-refractivity contribution >= 4 is 15.9 Å². The first-order valence-corrected chi connectivity index (χ1v) is 12.5. The number of aliphatic imine (C=N–C) groups is 1. The van der Waals surface area contributed by atoms with Crippen LogP contribution in [0.4, 0.5) is 17.6 Å². The van der Waals surface area contributed by atoms with Gasteiger partial charge < -0.3 is 9.26 Å². The van der Waals surface area contributed by atoms with E-state index in [-0.39, 0.29) is 34.3 Å². The molecule has 1 aliphatic heterocycles. The Morgan fingerprint density at radius 2 is 1.97 bits per heavy atom. The largest absolute Gasteiger partial charge is 0.470 e. The Bertz CT molecular complexity index is 1400. The van der Waals surface area contributed by atoms with Crippen LogP contribution in [-0.4, -0.2) is 62.8 Å².